The lowest BCUT2D eigenvalue weighted by Gasteiger charge is -1.97. The molecule has 80 valence electrons. The third kappa shape index (κ3) is 2.84. The molecule has 0 bridgehead atoms. The van der Waals surface area contributed by atoms with Crippen LogP contribution < -0.4 is 0 Å². The Bertz CT molecular complexity index is 507. The van der Waals surface area contributed by atoms with E-state index in [0.717, 1.165) is 11.3 Å². The second-order valence-corrected chi connectivity index (χ2v) is 4.08. The molecule has 0 aliphatic carbocycles. The molecule has 2 aromatic carbocycles. The Kier molecular flexibility index (Phi) is 3.60. The van der Waals surface area contributed by atoms with Crippen LogP contribution in [0.15, 0.2) is 53.5 Å². The van der Waals surface area contributed by atoms with E-state index in [-0.39, 0.29) is 0 Å². The Morgan fingerprint density at radius 2 is 1.62 bits per heavy atom. The zero-order valence-electron chi connectivity index (χ0n) is 8.40. The van der Waals surface area contributed by atoms with Gasteiger partial charge in [0.2, 0.25) is 0 Å². The first-order valence-corrected chi connectivity index (χ1v) is 5.55. The van der Waals surface area contributed by atoms with Crippen molar-refractivity contribution in [2.75, 3.05) is 0 Å². The number of aliphatic imine (C=N–C) groups is 1. The highest BCUT2D eigenvalue weighted by Crippen LogP contribution is 2.26. The summed E-state index contributed by atoms with van der Waals surface area (Å²) >= 11 is 11.7. The highest BCUT2D eigenvalue weighted by Gasteiger charge is 1.97. The van der Waals surface area contributed by atoms with Crippen LogP contribution in [0.1, 0.15) is 5.56 Å². The molecule has 2 rings (SSSR count). The summed E-state index contributed by atoms with van der Waals surface area (Å²) in [5, 5.41) is 1.06. The van der Waals surface area contributed by atoms with Gasteiger partial charge in [0.25, 0.3) is 0 Å². The highest BCUT2D eigenvalue weighted by molar-refractivity contribution is 6.42. The van der Waals surface area contributed by atoms with Gasteiger partial charge in [-0.15, -0.1) is 0 Å². The van der Waals surface area contributed by atoms with E-state index in [4.69, 9.17) is 23.2 Å². The first-order valence-electron chi connectivity index (χ1n) is 4.80. The summed E-state index contributed by atoms with van der Waals surface area (Å²) in [6.07, 6.45) is 1.79. The lowest BCUT2D eigenvalue weighted by Crippen LogP contribution is -1.78. The molecule has 3 heteroatoms. The average Bonchev–Trinajstić information content (AvgIpc) is 2.32. The molecule has 0 N–H and O–H groups in total. The topological polar surface area (TPSA) is 12.4 Å². The molecule has 0 heterocycles. The fraction of sp³-hybridized carbons (Fsp3) is 0. The molecule has 0 fully saturated rings. The first kappa shape index (κ1) is 11.2. The van der Waals surface area contributed by atoms with E-state index in [0.29, 0.717) is 10.0 Å². The quantitative estimate of drug-likeness (QED) is 0.682. The minimum absolute atomic E-state index is 0.518. The molecule has 16 heavy (non-hydrogen) atoms. The van der Waals surface area contributed by atoms with Crippen molar-refractivity contribution in [1.29, 1.82) is 0 Å². The fourth-order valence-electron chi connectivity index (χ4n) is 1.25. The molecule has 0 saturated carbocycles. The van der Waals surface area contributed by atoms with Crippen molar-refractivity contribution in [3.63, 3.8) is 0 Å². The number of rotatable bonds is 2. The van der Waals surface area contributed by atoms with E-state index >= 15 is 0 Å². The molecule has 0 saturated heterocycles. The van der Waals surface area contributed by atoms with Crippen LogP contribution in [0.25, 0.3) is 0 Å². The third-order valence-corrected chi connectivity index (χ3v) is 2.80. The van der Waals surface area contributed by atoms with Crippen LogP contribution in [0.4, 0.5) is 5.69 Å². The van der Waals surface area contributed by atoms with Crippen molar-refractivity contribution in [3.05, 3.63) is 64.1 Å². The van der Waals surface area contributed by atoms with Gasteiger partial charge in [0.05, 0.1) is 15.7 Å². The summed E-state index contributed by atoms with van der Waals surface area (Å²) < 4.78 is 0. The molecule has 2 aromatic rings. The SMILES string of the molecule is Clc1ccc(N=Cc2ccccc2)cc1Cl. The van der Waals surface area contributed by atoms with E-state index in [1.165, 1.54) is 0 Å². The molecule has 0 aromatic heterocycles. The highest BCUT2D eigenvalue weighted by atomic mass is 35.5. The average molecular weight is 250 g/mol. The normalized spacial score (nSPS) is 10.9. The lowest BCUT2D eigenvalue weighted by molar-refractivity contribution is 1.52. The number of hydrogen-bond donors (Lipinski definition) is 0. The lowest BCUT2D eigenvalue weighted by atomic mass is 10.2. The van der Waals surface area contributed by atoms with Gasteiger partial charge in [-0.3, -0.25) is 4.99 Å². The summed E-state index contributed by atoms with van der Waals surface area (Å²) in [5.74, 6) is 0. The van der Waals surface area contributed by atoms with E-state index < -0.39 is 0 Å². The zero-order chi connectivity index (χ0) is 11.4. The maximum Gasteiger partial charge on any atom is 0.0645 e. The second-order valence-electron chi connectivity index (χ2n) is 3.27. The molecule has 0 unspecified atom stereocenters. The summed E-state index contributed by atoms with van der Waals surface area (Å²) in [4.78, 5) is 4.31. The smallest absolute Gasteiger partial charge is 0.0645 e. The summed E-state index contributed by atoms with van der Waals surface area (Å²) in [5.41, 5.74) is 1.84. The van der Waals surface area contributed by atoms with Gasteiger partial charge in [0.15, 0.2) is 0 Å². The van der Waals surface area contributed by atoms with Crippen LogP contribution in [-0.4, -0.2) is 6.21 Å². The Morgan fingerprint density at radius 3 is 2.31 bits per heavy atom. The number of benzene rings is 2. The molecule has 0 atom stereocenters. The number of hydrogen-bond acceptors (Lipinski definition) is 1. The largest absolute Gasteiger partial charge is 0.256 e. The standard InChI is InChI=1S/C13H9Cl2N/c14-12-7-6-11(8-13(12)15)16-9-10-4-2-1-3-5-10/h1-9H. The number of nitrogens with zero attached hydrogens (tertiary/aromatic N) is 1. The van der Waals surface area contributed by atoms with Gasteiger partial charge >= 0.3 is 0 Å². The van der Waals surface area contributed by atoms with Gasteiger partial charge in [0.1, 0.15) is 0 Å². The predicted molar refractivity (Wildman–Crippen MR) is 70.2 cm³/mol. The maximum atomic E-state index is 5.89. The Labute approximate surface area is 104 Å². The van der Waals surface area contributed by atoms with Crippen molar-refractivity contribution in [3.8, 4) is 0 Å². The van der Waals surface area contributed by atoms with Crippen LogP contribution >= 0.6 is 23.2 Å². The number of halogens is 2. The Morgan fingerprint density at radius 1 is 0.875 bits per heavy atom. The molecule has 0 aliphatic heterocycles. The predicted octanol–water partition coefficient (Wildman–Crippen LogP) is 4.74. The van der Waals surface area contributed by atoms with Crippen molar-refractivity contribution < 1.29 is 0 Å². The van der Waals surface area contributed by atoms with Crippen LogP contribution in [0.2, 0.25) is 10.0 Å². The van der Waals surface area contributed by atoms with Crippen molar-refractivity contribution in [2.45, 2.75) is 0 Å². The minimum Gasteiger partial charge on any atom is -0.256 e. The van der Waals surface area contributed by atoms with Crippen LogP contribution in [0.5, 0.6) is 0 Å². The van der Waals surface area contributed by atoms with E-state index in [2.05, 4.69) is 4.99 Å². The maximum absolute atomic E-state index is 5.89. The zero-order valence-corrected chi connectivity index (χ0v) is 9.91. The fourth-order valence-corrected chi connectivity index (χ4v) is 1.55. The Balaban J connectivity index is 2.21. The molecular formula is C13H9Cl2N. The van der Waals surface area contributed by atoms with Crippen molar-refractivity contribution >= 4 is 35.1 Å². The van der Waals surface area contributed by atoms with E-state index in [1.54, 1.807) is 18.3 Å². The van der Waals surface area contributed by atoms with Gasteiger partial charge in [-0.1, -0.05) is 53.5 Å². The van der Waals surface area contributed by atoms with Crippen LogP contribution in [0.3, 0.4) is 0 Å². The van der Waals surface area contributed by atoms with Crippen molar-refractivity contribution in [1.82, 2.24) is 0 Å². The van der Waals surface area contributed by atoms with Crippen LogP contribution in [-0.2, 0) is 0 Å². The molecule has 0 aliphatic rings. The van der Waals surface area contributed by atoms with E-state index in [1.807, 2.05) is 36.4 Å². The molecule has 1 nitrogen and oxygen atoms in total. The molecule has 0 radical (unpaired) electrons. The van der Waals surface area contributed by atoms with Gasteiger partial charge in [0, 0.05) is 6.21 Å². The molecule has 0 amide bonds. The van der Waals surface area contributed by atoms with Gasteiger partial charge in [-0.2, -0.15) is 0 Å². The minimum atomic E-state index is 0.518. The van der Waals surface area contributed by atoms with Gasteiger partial charge in [-0.25, -0.2) is 0 Å². The van der Waals surface area contributed by atoms with Gasteiger partial charge in [-0.05, 0) is 23.8 Å². The van der Waals surface area contributed by atoms with Crippen LogP contribution in [0, 0.1) is 0 Å². The van der Waals surface area contributed by atoms with Gasteiger partial charge < -0.3 is 0 Å². The molecular weight excluding hydrogens is 241 g/mol. The summed E-state index contributed by atoms with van der Waals surface area (Å²) in [7, 11) is 0. The monoisotopic (exact) mass is 249 g/mol. The Hall–Kier alpha value is -1.31. The van der Waals surface area contributed by atoms with Crippen molar-refractivity contribution in [2.24, 2.45) is 4.99 Å². The van der Waals surface area contributed by atoms with E-state index in [9.17, 15) is 0 Å². The second kappa shape index (κ2) is 5.15. The summed E-state index contributed by atoms with van der Waals surface area (Å²) in [6.45, 7) is 0. The molecule has 0 spiro atoms. The first-order chi connectivity index (χ1) is 7.75. The third-order valence-electron chi connectivity index (χ3n) is 2.07. The summed E-state index contributed by atoms with van der Waals surface area (Å²) in [6, 6.07) is 15.2.